The van der Waals surface area contributed by atoms with Crippen molar-refractivity contribution in [3.63, 3.8) is 0 Å². The lowest BCUT2D eigenvalue weighted by Gasteiger charge is -2.33. The van der Waals surface area contributed by atoms with Crippen LogP contribution in [0.25, 0.3) is 0 Å². The highest BCUT2D eigenvalue weighted by Crippen LogP contribution is 2.36. The molecule has 0 aliphatic rings. The van der Waals surface area contributed by atoms with E-state index >= 15 is 0 Å². The number of benzene rings is 1. The normalized spacial score (nSPS) is 14.9. The first-order valence-electron chi connectivity index (χ1n) is 6.87. The van der Waals surface area contributed by atoms with Gasteiger partial charge in [0.1, 0.15) is 5.75 Å². The standard InChI is InChI=1S/C16H19F3O4/c1-14(2,3)9-15(4,13(21)22)23-12-7-11(16(17,18)19)6-5-10(12)8-20/h5-8H,9H2,1-4H3,(H,21,22). The third-order valence-electron chi connectivity index (χ3n) is 3.12. The lowest BCUT2D eigenvalue weighted by atomic mass is 9.82. The lowest BCUT2D eigenvalue weighted by molar-refractivity contribution is -0.156. The summed E-state index contributed by atoms with van der Waals surface area (Å²) in [6, 6.07) is 2.36. The number of aliphatic carboxylic acids is 1. The molecule has 1 aromatic rings. The third-order valence-corrected chi connectivity index (χ3v) is 3.12. The quantitative estimate of drug-likeness (QED) is 0.822. The predicted octanol–water partition coefficient (Wildman–Crippen LogP) is 4.18. The molecule has 128 valence electrons. The van der Waals surface area contributed by atoms with Gasteiger partial charge in [-0.15, -0.1) is 0 Å². The molecule has 4 nitrogen and oxygen atoms in total. The van der Waals surface area contributed by atoms with E-state index in [1.54, 1.807) is 20.8 Å². The topological polar surface area (TPSA) is 63.6 Å². The number of carboxylic acids is 1. The summed E-state index contributed by atoms with van der Waals surface area (Å²) in [4.78, 5) is 22.6. The van der Waals surface area contributed by atoms with Gasteiger partial charge in [-0.3, -0.25) is 4.79 Å². The molecule has 0 saturated heterocycles. The zero-order valence-electron chi connectivity index (χ0n) is 13.3. The zero-order valence-corrected chi connectivity index (χ0v) is 13.3. The molecule has 1 rings (SSSR count). The summed E-state index contributed by atoms with van der Waals surface area (Å²) in [6.45, 7) is 6.62. The fourth-order valence-corrected chi connectivity index (χ4v) is 2.31. The fraction of sp³-hybridized carbons (Fsp3) is 0.500. The monoisotopic (exact) mass is 332 g/mol. The average Bonchev–Trinajstić information content (AvgIpc) is 2.35. The van der Waals surface area contributed by atoms with Crippen LogP contribution in [0.5, 0.6) is 5.75 Å². The predicted molar refractivity (Wildman–Crippen MR) is 77.6 cm³/mol. The molecule has 1 atom stereocenters. The molecule has 0 aliphatic carbocycles. The summed E-state index contributed by atoms with van der Waals surface area (Å²) < 4.78 is 43.8. The van der Waals surface area contributed by atoms with Crippen LogP contribution in [0.4, 0.5) is 13.2 Å². The summed E-state index contributed by atoms with van der Waals surface area (Å²) in [5.41, 5.74) is -3.36. The Hall–Kier alpha value is -2.05. The Labute approximate surface area is 132 Å². The van der Waals surface area contributed by atoms with Crippen LogP contribution < -0.4 is 4.74 Å². The van der Waals surface area contributed by atoms with Crippen molar-refractivity contribution in [3.05, 3.63) is 29.3 Å². The number of hydrogen-bond donors (Lipinski definition) is 1. The second-order valence-corrected chi connectivity index (χ2v) is 6.74. The summed E-state index contributed by atoms with van der Waals surface area (Å²) in [7, 11) is 0. The first-order chi connectivity index (χ1) is 10.3. The molecule has 7 heteroatoms. The highest BCUT2D eigenvalue weighted by atomic mass is 19.4. The van der Waals surface area contributed by atoms with E-state index in [2.05, 4.69) is 0 Å². The molecule has 0 spiro atoms. The molecular weight excluding hydrogens is 313 g/mol. The molecule has 0 saturated carbocycles. The molecule has 0 aliphatic heterocycles. The molecule has 1 aromatic carbocycles. The summed E-state index contributed by atoms with van der Waals surface area (Å²) in [5, 5.41) is 9.41. The fourth-order valence-electron chi connectivity index (χ4n) is 2.31. The summed E-state index contributed by atoms with van der Waals surface area (Å²) >= 11 is 0. The SMILES string of the molecule is CC(C)(C)CC(C)(Oc1cc(C(F)(F)F)ccc1C=O)C(=O)O. The minimum Gasteiger partial charge on any atom is -0.478 e. The van der Waals surface area contributed by atoms with Gasteiger partial charge in [0.25, 0.3) is 0 Å². The van der Waals surface area contributed by atoms with Crippen molar-refractivity contribution in [1.29, 1.82) is 0 Å². The Balaban J connectivity index is 3.32. The van der Waals surface area contributed by atoms with E-state index in [1.165, 1.54) is 6.92 Å². The van der Waals surface area contributed by atoms with E-state index in [-0.39, 0.29) is 12.0 Å². The van der Waals surface area contributed by atoms with Gasteiger partial charge < -0.3 is 9.84 Å². The van der Waals surface area contributed by atoms with E-state index in [1.807, 2.05) is 0 Å². The number of halogens is 3. The molecule has 0 amide bonds. The van der Waals surface area contributed by atoms with Crippen molar-refractivity contribution >= 4 is 12.3 Å². The first-order valence-corrected chi connectivity index (χ1v) is 6.87. The highest BCUT2D eigenvalue weighted by molar-refractivity contribution is 5.81. The van der Waals surface area contributed by atoms with Gasteiger partial charge in [-0.2, -0.15) is 13.2 Å². The molecule has 0 bridgehead atoms. The van der Waals surface area contributed by atoms with Crippen molar-refractivity contribution in [1.82, 2.24) is 0 Å². The molecule has 23 heavy (non-hydrogen) atoms. The van der Waals surface area contributed by atoms with Gasteiger partial charge >= 0.3 is 12.1 Å². The van der Waals surface area contributed by atoms with Gasteiger partial charge in [0, 0.05) is 6.42 Å². The Kier molecular flexibility index (Phi) is 5.13. The van der Waals surface area contributed by atoms with Gasteiger partial charge in [0.15, 0.2) is 6.29 Å². The molecule has 0 heterocycles. The smallest absolute Gasteiger partial charge is 0.416 e. The van der Waals surface area contributed by atoms with Crippen LogP contribution in [-0.4, -0.2) is 23.0 Å². The van der Waals surface area contributed by atoms with Crippen molar-refractivity contribution in [3.8, 4) is 5.75 Å². The van der Waals surface area contributed by atoms with Crippen LogP contribution in [0.2, 0.25) is 0 Å². The van der Waals surface area contributed by atoms with Gasteiger partial charge in [0.2, 0.25) is 5.60 Å². The highest BCUT2D eigenvalue weighted by Gasteiger charge is 2.41. The van der Waals surface area contributed by atoms with Crippen LogP contribution in [0.3, 0.4) is 0 Å². The second kappa shape index (κ2) is 6.22. The van der Waals surface area contributed by atoms with Gasteiger partial charge in [-0.1, -0.05) is 20.8 Å². The van der Waals surface area contributed by atoms with E-state index in [0.29, 0.717) is 12.4 Å². The van der Waals surface area contributed by atoms with Gasteiger partial charge in [0.05, 0.1) is 11.1 Å². The number of hydrogen-bond acceptors (Lipinski definition) is 3. The third kappa shape index (κ3) is 4.97. The minimum absolute atomic E-state index is 0.0455. The van der Waals surface area contributed by atoms with Crippen LogP contribution >= 0.6 is 0 Å². The molecule has 1 unspecified atom stereocenters. The van der Waals surface area contributed by atoms with Crippen molar-refractivity contribution in [2.24, 2.45) is 5.41 Å². The maximum atomic E-state index is 12.8. The Morgan fingerprint density at radius 2 is 1.78 bits per heavy atom. The summed E-state index contributed by atoms with van der Waals surface area (Å²) in [6.07, 6.45) is -4.25. The Morgan fingerprint density at radius 1 is 1.22 bits per heavy atom. The second-order valence-electron chi connectivity index (χ2n) is 6.74. The van der Waals surface area contributed by atoms with Crippen LogP contribution in [0, 0.1) is 5.41 Å². The number of rotatable bonds is 5. The number of aldehydes is 1. The van der Waals surface area contributed by atoms with Gasteiger partial charge in [-0.25, -0.2) is 4.79 Å². The Morgan fingerprint density at radius 3 is 2.17 bits per heavy atom. The summed E-state index contributed by atoms with van der Waals surface area (Å²) in [5.74, 6) is -1.72. The molecule has 1 N–H and O–H groups in total. The maximum Gasteiger partial charge on any atom is 0.416 e. The van der Waals surface area contributed by atoms with E-state index < -0.39 is 34.5 Å². The Bertz CT molecular complexity index is 602. The molecular formula is C16H19F3O4. The number of carboxylic acid groups (broad SMARTS) is 1. The van der Waals surface area contributed by atoms with Gasteiger partial charge in [-0.05, 0) is 30.5 Å². The van der Waals surface area contributed by atoms with Crippen LogP contribution in [-0.2, 0) is 11.0 Å². The van der Waals surface area contributed by atoms with Crippen molar-refractivity contribution < 1.29 is 32.6 Å². The maximum absolute atomic E-state index is 12.8. The van der Waals surface area contributed by atoms with E-state index in [4.69, 9.17) is 4.74 Å². The number of carbonyl (C=O) groups excluding carboxylic acids is 1. The van der Waals surface area contributed by atoms with Crippen molar-refractivity contribution in [2.45, 2.75) is 45.9 Å². The van der Waals surface area contributed by atoms with E-state index in [0.717, 1.165) is 12.1 Å². The number of alkyl halides is 3. The average molecular weight is 332 g/mol. The van der Waals surface area contributed by atoms with Crippen molar-refractivity contribution in [2.75, 3.05) is 0 Å². The molecule has 0 radical (unpaired) electrons. The van der Waals surface area contributed by atoms with Crippen LogP contribution in [0.15, 0.2) is 18.2 Å². The number of ether oxygens (including phenoxy) is 1. The lowest BCUT2D eigenvalue weighted by Crippen LogP contribution is -2.44. The van der Waals surface area contributed by atoms with Crippen LogP contribution in [0.1, 0.15) is 50.0 Å². The minimum atomic E-state index is -4.62. The number of carbonyl (C=O) groups is 2. The largest absolute Gasteiger partial charge is 0.478 e. The molecule has 0 fully saturated rings. The zero-order chi connectivity index (χ0) is 18.1. The molecule has 0 aromatic heterocycles. The van der Waals surface area contributed by atoms with E-state index in [9.17, 15) is 27.9 Å². The first kappa shape index (κ1) is 19.0.